The van der Waals surface area contributed by atoms with E-state index in [4.69, 9.17) is 9.15 Å². The average molecular weight is 428 g/mol. The molecule has 0 fully saturated rings. The van der Waals surface area contributed by atoms with Crippen LogP contribution in [0.3, 0.4) is 0 Å². The minimum absolute atomic E-state index is 0.0551. The minimum atomic E-state index is -0.491. The lowest BCUT2D eigenvalue weighted by molar-refractivity contribution is 0.102. The Morgan fingerprint density at radius 2 is 1.56 bits per heavy atom. The third-order valence-electron chi connectivity index (χ3n) is 4.72. The van der Waals surface area contributed by atoms with E-state index in [1.807, 2.05) is 19.1 Å². The third kappa shape index (κ3) is 4.65. The van der Waals surface area contributed by atoms with Crippen LogP contribution < -0.4 is 15.4 Å². The molecule has 1 aromatic heterocycles. The maximum Gasteiger partial charge on any atom is 0.322 e. The molecule has 160 valence electrons. The minimum Gasteiger partial charge on any atom is -0.497 e. The van der Waals surface area contributed by atoms with Gasteiger partial charge in [-0.05, 0) is 55.5 Å². The van der Waals surface area contributed by atoms with E-state index >= 15 is 0 Å². The van der Waals surface area contributed by atoms with Gasteiger partial charge in [-0.3, -0.25) is 14.9 Å². The van der Waals surface area contributed by atoms with Gasteiger partial charge in [0.2, 0.25) is 5.89 Å². The number of amides is 2. The molecule has 0 aliphatic rings. The van der Waals surface area contributed by atoms with E-state index in [0.29, 0.717) is 22.6 Å². The first-order chi connectivity index (χ1) is 15.5. The number of carbonyl (C=O) groups is 2. The first-order valence-corrected chi connectivity index (χ1v) is 9.80. The Morgan fingerprint density at radius 3 is 2.28 bits per heavy atom. The Kier molecular flexibility index (Phi) is 5.94. The van der Waals surface area contributed by atoms with Crippen LogP contribution in [0.15, 0.2) is 77.2 Å². The van der Waals surface area contributed by atoms with Crippen LogP contribution >= 0.6 is 0 Å². The summed E-state index contributed by atoms with van der Waals surface area (Å²) in [5, 5.41) is 13.2. The van der Waals surface area contributed by atoms with Gasteiger partial charge in [-0.1, -0.05) is 34.9 Å². The van der Waals surface area contributed by atoms with Crippen LogP contribution in [0.1, 0.15) is 26.3 Å². The molecule has 0 atom stereocenters. The molecule has 8 nitrogen and oxygen atoms in total. The SMILES string of the molecule is COc1ccc(-c2nnc(NC(=O)c3ccccc3NC(=O)c3ccc(C)cc3)o2)cc1. The Hall–Kier alpha value is -4.46. The van der Waals surface area contributed by atoms with Crippen molar-refractivity contribution in [1.82, 2.24) is 10.2 Å². The lowest BCUT2D eigenvalue weighted by Crippen LogP contribution is -2.18. The van der Waals surface area contributed by atoms with Crippen LogP contribution in [0.25, 0.3) is 11.5 Å². The largest absolute Gasteiger partial charge is 0.497 e. The molecule has 4 rings (SSSR count). The summed E-state index contributed by atoms with van der Waals surface area (Å²) < 4.78 is 10.7. The molecule has 0 bridgehead atoms. The zero-order valence-electron chi connectivity index (χ0n) is 17.5. The molecule has 32 heavy (non-hydrogen) atoms. The number of anilines is 2. The van der Waals surface area contributed by atoms with Gasteiger partial charge in [0.15, 0.2) is 0 Å². The van der Waals surface area contributed by atoms with E-state index in [9.17, 15) is 9.59 Å². The fourth-order valence-electron chi connectivity index (χ4n) is 2.98. The fraction of sp³-hybridized carbons (Fsp3) is 0.0833. The highest BCUT2D eigenvalue weighted by atomic mass is 16.5. The molecule has 0 aliphatic heterocycles. The van der Waals surface area contributed by atoms with Crippen LogP contribution in [0.2, 0.25) is 0 Å². The van der Waals surface area contributed by atoms with Gasteiger partial charge in [-0.15, -0.1) is 5.10 Å². The number of benzene rings is 3. The Labute approximate surface area is 184 Å². The summed E-state index contributed by atoms with van der Waals surface area (Å²) in [4.78, 5) is 25.4. The highest BCUT2D eigenvalue weighted by Crippen LogP contribution is 2.23. The van der Waals surface area contributed by atoms with Crippen molar-refractivity contribution in [2.75, 3.05) is 17.7 Å². The van der Waals surface area contributed by atoms with Crippen LogP contribution in [0.4, 0.5) is 11.7 Å². The van der Waals surface area contributed by atoms with Gasteiger partial charge in [-0.25, -0.2) is 0 Å². The molecule has 0 aliphatic carbocycles. The summed E-state index contributed by atoms with van der Waals surface area (Å²) in [5.74, 6) is 0.148. The van der Waals surface area contributed by atoms with Crippen LogP contribution in [0.5, 0.6) is 5.75 Å². The number of hydrogen-bond acceptors (Lipinski definition) is 6. The van der Waals surface area contributed by atoms with E-state index in [0.717, 1.165) is 5.56 Å². The topological polar surface area (TPSA) is 106 Å². The summed E-state index contributed by atoms with van der Waals surface area (Å²) in [6.07, 6.45) is 0. The number of para-hydroxylation sites is 1. The van der Waals surface area contributed by atoms with Crippen molar-refractivity contribution in [2.24, 2.45) is 0 Å². The molecule has 8 heteroatoms. The van der Waals surface area contributed by atoms with Crippen LogP contribution in [-0.2, 0) is 0 Å². The Balaban J connectivity index is 1.49. The zero-order chi connectivity index (χ0) is 22.5. The monoisotopic (exact) mass is 428 g/mol. The standard InChI is InChI=1S/C24H20N4O4/c1-15-7-9-16(10-8-15)21(29)25-20-6-4-3-5-19(20)22(30)26-24-28-27-23(32-24)17-11-13-18(31-2)14-12-17/h3-14H,1-2H3,(H,25,29)(H,26,28,30). The first kappa shape index (κ1) is 20.8. The van der Waals surface area contributed by atoms with Gasteiger partial charge >= 0.3 is 6.01 Å². The fourth-order valence-corrected chi connectivity index (χ4v) is 2.98. The molecular formula is C24H20N4O4. The van der Waals surface area contributed by atoms with E-state index in [1.165, 1.54) is 0 Å². The molecule has 0 spiro atoms. The van der Waals surface area contributed by atoms with Gasteiger partial charge in [0.25, 0.3) is 11.8 Å². The number of nitrogens with one attached hydrogen (secondary N) is 2. The second-order valence-corrected chi connectivity index (χ2v) is 6.96. The van der Waals surface area contributed by atoms with Gasteiger partial charge < -0.3 is 14.5 Å². The Morgan fingerprint density at radius 1 is 0.844 bits per heavy atom. The highest BCUT2D eigenvalue weighted by Gasteiger charge is 2.17. The lowest BCUT2D eigenvalue weighted by Gasteiger charge is -2.10. The van der Waals surface area contributed by atoms with Crippen molar-refractivity contribution >= 4 is 23.5 Å². The molecular weight excluding hydrogens is 408 g/mol. The number of methoxy groups -OCH3 is 1. The van der Waals surface area contributed by atoms with Crippen molar-refractivity contribution in [3.8, 4) is 17.2 Å². The van der Waals surface area contributed by atoms with Gasteiger partial charge in [0, 0.05) is 11.1 Å². The summed E-state index contributed by atoms with van der Waals surface area (Å²) in [6.45, 7) is 1.94. The Bertz CT molecular complexity index is 1250. The summed E-state index contributed by atoms with van der Waals surface area (Å²) >= 11 is 0. The maximum absolute atomic E-state index is 12.8. The number of aromatic nitrogens is 2. The second kappa shape index (κ2) is 9.13. The quantitative estimate of drug-likeness (QED) is 0.466. The molecule has 1 heterocycles. The predicted molar refractivity (Wildman–Crippen MR) is 120 cm³/mol. The molecule has 0 saturated heterocycles. The smallest absolute Gasteiger partial charge is 0.322 e. The van der Waals surface area contributed by atoms with Crippen molar-refractivity contribution in [3.63, 3.8) is 0 Å². The predicted octanol–water partition coefficient (Wildman–Crippen LogP) is 4.56. The summed E-state index contributed by atoms with van der Waals surface area (Å²) in [5.41, 5.74) is 2.86. The highest BCUT2D eigenvalue weighted by molar-refractivity contribution is 6.12. The van der Waals surface area contributed by atoms with Crippen molar-refractivity contribution in [3.05, 3.63) is 89.5 Å². The number of hydrogen-bond donors (Lipinski definition) is 2. The van der Waals surface area contributed by atoms with Gasteiger partial charge in [-0.2, -0.15) is 0 Å². The normalized spacial score (nSPS) is 10.4. The molecule has 0 unspecified atom stereocenters. The van der Waals surface area contributed by atoms with Crippen molar-refractivity contribution in [2.45, 2.75) is 6.92 Å². The third-order valence-corrected chi connectivity index (χ3v) is 4.72. The number of carbonyl (C=O) groups excluding carboxylic acids is 2. The number of rotatable bonds is 6. The molecule has 3 aromatic carbocycles. The lowest BCUT2D eigenvalue weighted by atomic mass is 10.1. The van der Waals surface area contributed by atoms with Gasteiger partial charge in [0.05, 0.1) is 18.4 Å². The number of ether oxygens (including phenoxy) is 1. The molecule has 2 N–H and O–H groups in total. The molecule has 2 amide bonds. The molecule has 0 radical (unpaired) electrons. The average Bonchev–Trinajstić information content (AvgIpc) is 3.28. The maximum atomic E-state index is 12.8. The number of aryl methyl sites for hydroxylation is 1. The van der Waals surface area contributed by atoms with Crippen molar-refractivity contribution in [1.29, 1.82) is 0 Å². The summed E-state index contributed by atoms with van der Waals surface area (Å²) in [6, 6.07) is 20.9. The first-order valence-electron chi connectivity index (χ1n) is 9.80. The molecule has 0 saturated carbocycles. The van der Waals surface area contributed by atoms with Crippen LogP contribution in [-0.4, -0.2) is 29.1 Å². The van der Waals surface area contributed by atoms with E-state index < -0.39 is 5.91 Å². The van der Waals surface area contributed by atoms with Gasteiger partial charge in [0.1, 0.15) is 5.75 Å². The van der Waals surface area contributed by atoms with E-state index in [2.05, 4.69) is 20.8 Å². The zero-order valence-corrected chi connectivity index (χ0v) is 17.5. The molecule has 4 aromatic rings. The van der Waals surface area contributed by atoms with Crippen LogP contribution in [0, 0.1) is 6.92 Å². The van der Waals surface area contributed by atoms with E-state index in [1.54, 1.807) is 67.8 Å². The number of nitrogens with zero attached hydrogens (tertiary/aromatic N) is 2. The van der Waals surface area contributed by atoms with E-state index in [-0.39, 0.29) is 23.4 Å². The van der Waals surface area contributed by atoms with Crippen molar-refractivity contribution < 1.29 is 18.7 Å². The summed E-state index contributed by atoms with van der Waals surface area (Å²) in [7, 11) is 1.58. The second-order valence-electron chi connectivity index (χ2n) is 6.96.